The molecule has 0 unspecified atom stereocenters. The molecule has 0 bridgehead atoms. The number of benzene rings is 2. The number of halogens is 2. The minimum Gasteiger partial charge on any atom is -0.325 e. The van der Waals surface area contributed by atoms with Gasteiger partial charge >= 0.3 is 0 Å². The lowest BCUT2D eigenvalue weighted by atomic mass is 10.3. The molecule has 2 aromatic rings. The Hall–Kier alpha value is -1.25. The Morgan fingerprint density at radius 3 is 2.62 bits per heavy atom. The lowest BCUT2D eigenvalue weighted by Gasteiger charge is -2.10. The van der Waals surface area contributed by atoms with Crippen LogP contribution in [-0.4, -0.2) is 27.1 Å². The Labute approximate surface area is 154 Å². The van der Waals surface area contributed by atoms with E-state index >= 15 is 0 Å². The van der Waals surface area contributed by atoms with Crippen LogP contribution in [0.5, 0.6) is 0 Å². The quantitative estimate of drug-likeness (QED) is 0.720. The van der Waals surface area contributed by atoms with Crippen LogP contribution >= 0.6 is 35.0 Å². The number of hydrogen-bond acceptors (Lipinski definition) is 4. The van der Waals surface area contributed by atoms with E-state index < -0.39 is 22.5 Å². The molecule has 0 fully saturated rings. The van der Waals surface area contributed by atoms with Crippen LogP contribution < -0.4 is 10.0 Å². The largest absolute Gasteiger partial charge is 0.325 e. The van der Waals surface area contributed by atoms with E-state index in [1.54, 1.807) is 18.2 Å². The fourth-order valence-electron chi connectivity index (χ4n) is 1.83. The maximum absolute atomic E-state index is 12.2. The number of carbonyl (C=O) groups is 1. The maximum Gasteiger partial charge on any atom is 0.242 e. The van der Waals surface area contributed by atoms with Gasteiger partial charge in [-0.25, -0.2) is 13.1 Å². The fraction of sp³-hybridized carbons (Fsp3) is 0.133. The molecule has 0 aliphatic heterocycles. The normalized spacial score (nSPS) is 11.3. The first kappa shape index (κ1) is 19.1. The van der Waals surface area contributed by atoms with Gasteiger partial charge in [0.05, 0.1) is 11.6 Å². The van der Waals surface area contributed by atoms with Gasteiger partial charge in [0.2, 0.25) is 15.9 Å². The molecule has 1 amide bonds. The zero-order valence-electron chi connectivity index (χ0n) is 12.5. The van der Waals surface area contributed by atoms with Crippen molar-refractivity contribution >= 4 is 56.6 Å². The third-order valence-electron chi connectivity index (χ3n) is 2.96. The summed E-state index contributed by atoms with van der Waals surface area (Å²) in [7, 11) is -3.94. The average molecular weight is 405 g/mol. The minimum atomic E-state index is -3.94. The first-order valence-corrected chi connectivity index (χ1v) is 10.2. The van der Waals surface area contributed by atoms with E-state index in [0.717, 1.165) is 4.90 Å². The summed E-state index contributed by atoms with van der Waals surface area (Å²) in [5.41, 5.74) is 0.590. The summed E-state index contributed by atoms with van der Waals surface area (Å²) in [6.07, 6.45) is 1.92. The molecule has 9 heteroatoms. The predicted octanol–water partition coefficient (Wildman–Crippen LogP) is 3.63. The number of amides is 1. The summed E-state index contributed by atoms with van der Waals surface area (Å²) in [5, 5.41) is 2.89. The highest BCUT2D eigenvalue weighted by Gasteiger charge is 2.19. The molecule has 0 aliphatic rings. The van der Waals surface area contributed by atoms with E-state index in [0.29, 0.717) is 5.69 Å². The van der Waals surface area contributed by atoms with Gasteiger partial charge in [-0.3, -0.25) is 4.79 Å². The van der Waals surface area contributed by atoms with Crippen molar-refractivity contribution in [3.8, 4) is 0 Å². The molecule has 0 aliphatic carbocycles. The van der Waals surface area contributed by atoms with Crippen molar-refractivity contribution in [2.45, 2.75) is 9.79 Å². The monoisotopic (exact) mass is 404 g/mol. The molecule has 2 rings (SSSR count). The Morgan fingerprint density at radius 1 is 1.17 bits per heavy atom. The summed E-state index contributed by atoms with van der Waals surface area (Å²) in [6, 6.07) is 11.3. The molecule has 2 aromatic carbocycles. The van der Waals surface area contributed by atoms with Crippen LogP contribution in [0.15, 0.2) is 52.3 Å². The SMILES string of the molecule is CSc1cccc(NC(=O)CNS(=O)(=O)c2cc(Cl)ccc2Cl)c1. The van der Waals surface area contributed by atoms with Gasteiger partial charge in [0.15, 0.2) is 0 Å². The van der Waals surface area contributed by atoms with Crippen molar-refractivity contribution in [2.24, 2.45) is 0 Å². The summed E-state index contributed by atoms with van der Waals surface area (Å²) in [5.74, 6) is -0.491. The highest BCUT2D eigenvalue weighted by atomic mass is 35.5. The number of sulfonamides is 1. The highest BCUT2D eigenvalue weighted by Crippen LogP contribution is 2.24. The molecule has 24 heavy (non-hydrogen) atoms. The van der Waals surface area contributed by atoms with Crippen molar-refractivity contribution < 1.29 is 13.2 Å². The smallest absolute Gasteiger partial charge is 0.242 e. The molecule has 0 radical (unpaired) electrons. The predicted molar refractivity (Wildman–Crippen MR) is 98.5 cm³/mol. The maximum atomic E-state index is 12.2. The lowest BCUT2D eigenvalue weighted by Crippen LogP contribution is -2.33. The first-order valence-electron chi connectivity index (χ1n) is 6.70. The lowest BCUT2D eigenvalue weighted by molar-refractivity contribution is -0.115. The van der Waals surface area contributed by atoms with Crippen molar-refractivity contribution in [1.82, 2.24) is 4.72 Å². The zero-order valence-corrected chi connectivity index (χ0v) is 15.7. The average Bonchev–Trinajstić information content (AvgIpc) is 2.55. The number of rotatable bonds is 6. The number of carbonyl (C=O) groups excluding carboxylic acids is 1. The molecule has 5 nitrogen and oxygen atoms in total. The van der Waals surface area contributed by atoms with Gasteiger partial charge in [0, 0.05) is 15.6 Å². The van der Waals surface area contributed by atoms with Gasteiger partial charge in [-0.15, -0.1) is 11.8 Å². The van der Waals surface area contributed by atoms with Crippen LogP contribution in [-0.2, 0) is 14.8 Å². The van der Waals surface area contributed by atoms with Crippen LogP contribution in [0, 0.1) is 0 Å². The molecule has 128 valence electrons. The minimum absolute atomic E-state index is 0.0278. The van der Waals surface area contributed by atoms with Crippen LogP contribution in [0.25, 0.3) is 0 Å². The molecule has 0 spiro atoms. The highest BCUT2D eigenvalue weighted by molar-refractivity contribution is 7.98. The summed E-state index contributed by atoms with van der Waals surface area (Å²) in [6.45, 7) is -0.422. The van der Waals surface area contributed by atoms with Crippen LogP contribution in [0.2, 0.25) is 10.0 Å². The van der Waals surface area contributed by atoms with Crippen molar-refractivity contribution in [1.29, 1.82) is 0 Å². The number of anilines is 1. The van der Waals surface area contributed by atoms with Crippen LogP contribution in [0.1, 0.15) is 0 Å². The zero-order chi connectivity index (χ0) is 17.7. The fourth-order valence-corrected chi connectivity index (χ4v) is 4.03. The standard InChI is InChI=1S/C15H14Cl2N2O3S2/c1-23-12-4-2-3-11(8-12)19-15(20)9-18-24(21,22)14-7-10(16)5-6-13(14)17/h2-8,18H,9H2,1H3,(H,19,20). The second-order valence-electron chi connectivity index (χ2n) is 4.68. The summed E-state index contributed by atoms with van der Waals surface area (Å²) in [4.78, 5) is 12.8. The van der Waals surface area contributed by atoms with Gasteiger partial charge in [0.25, 0.3) is 0 Å². The summed E-state index contributed by atoms with van der Waals surface area (Å²) < 4.78 is 26.7. The molecule has 0 saturated heterocycles. The van der Waals surface area contributed by atoms with Crippen molar-refractivity contribution in [3.05, 3.63) is 52.5 Å². The van der Waals surface area contributed by atoms with E-state index in [1.807, 2.05) is 12.3 Å². The molecule has 2 N–H and O–H groups in total. The number of thioether (sulfide) groups is 1. The van der Waals surface area contributed by atoms with Crippen molar-refractivity contribution in [2.75, 3.05) is 18.1 Å². The Morgan fingerprint density at radius 2 is 1.92 bits per heavy atom. The van der Waals surface area contributed by atoms with Crippen LogP contribution in [0.4, 0.5) is 5.69 Å². The Kier molecular flexibility index (Phi) is 6.54. The van der Waals surface area contributed by atoms with Gasteiger partial charge in [-0.1, -0.05) is 29.3 Å². The van der Waals surface area contributed by atoms with E-state index in [9.17, 15) is 13.2 Å². The molecule has 0 aromatic heterocycles. The first-order chi connectivity index (χ1) is 11.3. The van der Waals surface area contributed by atoms with Gasteiger partial charge in [-0.05, 0) is 42.7 Å². The van der Waals surface area contributed by atoms with Crippen LogP contribution in [0.3, 0.4) is 0 Å². The van der Waals surface area contributed by atoms with Gasteiger partial charge in [0.1, 0.15) is 4.90 Å². The molecule has 0 saturated carbocycles. The van der Waals surface area contributed by atoms with E-state index in [-0.39, 0.29) is 14.9 Å². The van der Waals surface area contributed by atoms with E-state index in [1.165, 1.54) is 30.0 Å². The van der Waals surface area contributed by atoms with E-state index in [4.69, 9.17) is 23.2 Å². The Balaban J connectivity index is 2.03. The molecule has 0 atom stereocenters. The second-order valence-corrected chi connectivity index (χ2v) is 8.14. The molecular weight excluding hydrogens is 391 g/mol. The third kappa shape index (κ3) is 5.12. The third-order valence-corrected chi connectivity index (χ3v) is 5.80. The summed E-state index contributed by atoms with van der Waals surface area (Å²) >= 11 is 13.2. The number of nitrogens with one attached hydrogen (secondary N) is 2. The van der Waals surface area contributed by atoms with E-state index in [2.05, 4.69) is 10.0 Å². The molecular formula is C15H14Cl2N2O3S2. The second kappa shape index (κ2) is 8.22. The van der Waals surface area contributed by atoms with Gasteiger partial charge < -0.3 is 5.32 Å². The topological polar surface area (TPSA) is 75.3 Å². The Bertz CT molecular complexity index is 858. The molecule has 0 heterocycles. The number of hydrogen-bond donors (Lipinski definition) is 2. The van der Waals surface area contributed by atoms with Crippen molar-refractivity contribution in [3.63, 3.8) is 0 Å². The van der Waals surface area contributed by atoms with Gasteiger partial charge in [-0.2, -0.15) is 0 Å².